The van der Waals surface area contributed by atoms with Gasteiger partial charge in [0.25, 0.3) is 0 Å². The molecule has 0 aliphatic carbocycles. The minimum atomic E-state index is -0.513. The van der Waals surface area contributed by atoms with Crippen molar-refractivity contribution in [2.75, 3.05) is 25.6 Å². The molecule has 1 aliphatic heterocycles. The Hall–Kier alpha value is -3.19. The van der Waals surface area contributed by atoms with Crippen molar-refractivity contribution in [3.63, 3.8) is 0 Å². The smallest absolute Gasteiger partial charge is 0.360 e. The zero-order valence-corrected chi connectivity index (χ0v) is 16.3. The van der Waals surface area contributed by atoms with Crippen molar-refractivity contribution in [2.45, 2.75) is 25.5 Å². The van der Waals surface area contributed by atoms with E-state index in [4.69, 9.17) is 14.2 Å². The van der Waals surface area contributed by atoms with E-state index in [1.807, 2.05) is 48.5 Å². The predicted molar refractivity (Wildman–Crippen MR) is 109 cm³/mol. The molecule has 1 aromatic heterocycles. The third-order valence-corrected chi connectivity index (χ3v) is 4.83. The number of methoxy groups -OCH3 is 1. The van der Waals surface area contributed by atoms with E-state index in [0.717, 1.165) is 24.2 Å². The highest BCUT2D eigenvalue weighted by Gasteiger charge is 2.22. The Labute approximate surface area is 169 Å². The van der Waals surface area contributed by atoms with Crippen LogP contribution in [-0.2, 0) is 16.0 Å². The number of carbonyl (C=O) groups excluding carboxylic acids is 1. The van der Waals surface area contributed by atoms with E-state index in [-0.39, 0.29) is 18.4 Å². The van der Waals surface area contributed by atoms with E-state index >= 15 is 0 Å². The van der Waals surface area contributed by atoms with Crippen molar-refractivity contribution in [1.82, 2.24) is 9.97 Å². The van der Waals surface area contributed by atoms with Crippen LogP contribution in [0.4, 0.5) is 5.82 Å². The monoisotopic (exact) mass is 393 g/mol. The van der Waals surface area contributed by atoms with Gasteiger partial charge in [0.2, 0.25) is 0 Å². The molecule has 0 unspecified atom stereocenters. The highest BCUT2D eigenvalue weighted by Crippen LogP contribution is 2.22. The molecule has 0 saturated carbocycles. The van der Waals surface area contributed by atoms with Crippen LogP contribution < -0.4 is 10.1 Å². The van der Waals surface area contributed by atoms with Crippen molar-refractivity contribution in [3.8, 4) is 5.75 Å². The predicted octanol–water partition coefficient (Wildman–Crippen LogP) is 3.59. The van der Waals surface area contributed by atoms with E-state index in [2.05, 4.69) is 15.3 Å². The summed E-state index contributed by atoms with van der Waals surface area (Å²) in [6.07, 6.45) is 1.84. The van der Waals surface area contributed by atoms with Crippen LogP contribution in [0, 0.1) is 0 Å². The van der Waals surface area contributed by atoms with Gasteiger partial charge in [0, 0.05) is 18.7 Å². The van der Waals surface area contributed by atoms with Gasteiger partial charge in [-0.2, -0.15) is 0 Å². The molecule has 150 valence electrons. The van der Waals surface area contributed by atoms with Gasteiger partial charge in [-0.3, -0.25) is 0 Å². The number of nitrogens with one attached hydrogen (secondary N) is 1. The molecule has 1 saturated heterocycles. The fraction of sp³-hybridized carbons (Fsp3) is 0.318. The molecule has 0 amide bonds. The summed E-state index contributed by atoms with van der Waals surface area (Å²) in [5, 5.41) is 3.22. The summed E-state index contributed by atoms with van der Waals surface area (Å²) < 4.78 is 16.4. The first-order valence-corrected chi connectivity index (χ1v) is 9.66. The average molecular weight is 393 g/mol. The van der Waals surface area contributed by atoms with Crippen molar-refractivity contribution < 1.29 is 19.0 Å². The molecular weight excluding hydrogens is 370 g/mol. The largest absolute Gasteiger partial charge is 0.496 e. The first-order valence-electron chi connectivity index (χ1n) is 9.66. The minimum absolute atomic E-state index is 0.0441. The van der Waals surface area contributed by atoms with Crippen LogP contribution in [-0.4, -0.2) is 42.4 Å². The molecule has 0 bridgehead atoms. The van der Waals surface area contributed by atoms with Crippen molar-refractivity contribution >= 4 is 22.8 Å². The Morgan fingerprint density at radius 3 is 2.66 bits per heavy atom. The number of esters is 1. The number of nitrogens with zero attached hydrogens (tertiary/aromatic N) is 2. The fourth-order valence-corrected chi connectivity index (χ4v) is 3.31. The molecule has 29 heavy (non-hydrogen) atoms. The topological polar surface area (TPSA) is 82.6 Å². The quantitative estimate of drug-likeness (QED) is 0.614. The maximum atomic E-state index is 12.8. The van der Waals surface area contributed by atoms with Gasteiger partial charge in [-0.25, -0.2) is 14.8 Å². The van der Waals surface area contributed by atoms with E-state index in [1.54, 1.807) is 7.11 Å². The standard InChI is InChI=1S/C22H23N3O4/c1-27-19-11-5-2-7-15(19)13-23-21-20(22(26)29-14-16-8-6-12-28-16)24-17-9-3-4-10-18(17)25-21/h2-5,7,9-11,16H,6,8,12-14H2,1H3,(H,23,25)/t16-/m0/s1. The van der Waals surface area contributed by atoms with E-state index in [9.17, 15) is 4.79 Å². The summed E-state index contributed by atoms with van der Waals surface area (Å²) in [5.41, 5.74) is 2.45. The van der Waals surface area contributed by atoms with Crippen LogP contribution in [0.3, 0.4) is 0 Å². The SMILES string of the molecule is COc1ccccc1CNc1nc2ccccc2nc1C(=O)OC[C@@H]1CCCO1. The van der Waals surface area contributed by atoms with Gasteiger partial charge < -0.3 is 19.5 Å². The molecule has 4 rings (SSSR count). The number of aromatic nitrogens is 2. The number of benzene rings is 2. The Kier molecular flexibility index (Phi) is 5.86. The normalized spacial score (nSPS) is 16.0. The maximum Gasteiger partial charge on any atom is 0.360 e. The van der Waals surface area contributed by atoms with Crippen LogP contribution in [0.2, 0.25) is 0 Å². The molecule has 2 heterocycles. The zero-order valence-electron chi connectivity index (χ0n) is 16.3. The number of anilines is 1. The molecule has 7 nitrogen and oxygen atoms in total. The van der Waals surface area contributed by atoms with Crippen LogP contribution in [0.1, 0.15) is 28.9 Å². The van der Waals surface area contributed by atoms with Gasteiger partial charge in [0.15, 0.2) is 11.5 Å². The van der Waals surface area contributed by atoms with E-state index < -0.39 is 5.97 Å². The lowest BCUT2D eigenvalue weighted by Crippen LogP contribution is -2.20. The summed E-state index contributed by atoms with van der Waals surface area (Å²) >= 11 is 0. The summed E-state index contributed by atoms with van der Waals surface area (Å²) in [6, 6.07) is 15.1. The number of carbonyl (C=O) groups is 1. The number of para-hydroxylation sites is 3. The molecule has 0 spiro atoms. The second-order valence-electron chi connectivity index (χ2n) is 6.81. The molecule has 1 atom stereocenters. The minimum Gasteiger partial charge on any atom is -0.496 e. The number of rotatable bonds is 7. The molecular formula is C22H23N3O4. The molecule has 1 fully saturated rings. The maximum absolute atomic E-state index is 12.8. The van der Waals surface area contributed by atoms with Gasteiger partial charge in [0.1, 0.15) is 12.4 Å². The summed E-state index contributed by atoms with van der Waals surface area (Å²) in [6.45, 7) is 1.37. The van der Waals surface area contributed by atoms with Crippen molar-refractivity contribution in [2.24, 2.45) is 0 Å². The average Bonchev–Trinajstić information content (AvgIpc) is 3.29. The summed E-state index contributed by atoms with van der Waals surface area (Å²) in [4.78, 5) is 21.9. The van der Waals surface area contributed by atoms with Gasteiger partial charge in [-0.05, 0) is 31.0 Å². The second kappa shape index (κ2) is 8.87. The van der Waals surface area contributed by atoms with Crippen LogP contribution in [0.25, 0.3) is 11.0 Å². The number of fused-ring (bicyclic) bond motifs is 1. The second-order valence-corrected chi connectivity index (χ2v) is 6.81. The molecule has 2 aromatic carbocycles. The summed E-state index contributed by atoms with van der Waals surface area (Å²) in [7, 11) is 1.63. The Morgan fingerprint density at radius 1 is 1.14 bits per heavy atom. The Balaban J connectivity index is 1.58. The number of hydrogen-bond donors (Lipinski definition) is 1. The first-order chi connectivity index (χ1) is 14.2. The lowest BCUT2D eigenvalue weighted by Gasteiger charge is -2.14. The molecule has 0 radical (unpaired) electrons. The molecule has 1 N–H and O–H groups in total. The van der Waals surface area contributed by atoms with E-state index in [1.165, 1.54) is 0 Å². The lowest BCUT2D eigenvalue weighted by atomic mass is 10.2. The van der Waals surface area contributed by atoms with Gasteiger partial charge in [-0.1, -0.05) is 30.3 Å². The van der Waals surface area contributed by atoms with Crippen LogP contribution >= 0.6 is 0 Å². The van der Waals surface area contributed by atoms with Crippen molar-refractivity contribution in [1.29, 1.82) is 0 Å². The molecule has 1 aliphatic rings. The zero-order chi connectivity index (χ0) is 20.1. The third kappa shape index (κ3) is 4.46. The van der Waals surface area contributed by atoms with Crippen LogP contribution in [0.5, 0.6) is 5.75 Å². The first kappa shape index (κ1) is 19.1. The highest BCUT2D eigenvalue weighted by atomic mass is 16.6. The third-order valence-electron chi connectivity index (χ3n) is 4.83. The van der Waals surface area contributed by atoms with Crippen LogP contribution in [0.15, 0.2) is 48.5 Å². The lowest BCUT2D eigenvalue weighted by molar-refractivity contribution is 0.0157. The van der Waals surface area contributed by atoms with Gasteiger partial charge in [0.05, 0.1) is 24.2 Å². The van der Waals surface area contributed by atoms with E-state index in [0.29, 0.717) is 30.0 Å². The van der Waals surface area contributed by atoms with Gasteiger partial charge in [-0.15, -0.1) is 0 Å². The highest BCUT2D eigenvalue weighted by molar-refractivity contribution is 5.95. The summed E-state index contributed by atoms with van der Waals surface area (Å²) in [5.74, 6) is 0.629. The van der Waals surface area contributed by atoms with Crippen molar-refractivity contribution in [3.05, 3.63) is 59.8 Å². The fourth-order valence-electron chi connectivity index (χ4n) is 3.31. The Morgan fingerprint density at radius 2 is 1.90 bits per heavy atom. The molecule has 3 aromatic rings. The van der Waals surface area contributed by atoms with Gasteiger partial charge >= 0.3 is 5.97 Å². The molecule has 7 heteroatoms. The Bertz CT molecular complexity index is 1000. The number of ether oxygens (including phenoxy) is 3. The number of hydrogen-bond acceptors (Lipinski definition) is 7.